The molecule has 2 rings (SSSR count). The van der Waals surface area contributed by atoms with Crippen LogP contribution in [0.3, 0.4) is 0 Å². The lowest BCUT2D eigenvalue weighted by molar-refractivity contribution is -0.384. The van der Waals surface area contributed by atoms with Crippen molar-refractivity contribution in [1.82, 2.24) is 5.32 Å². The minimum absolute atomic E-state index is 0.0612. The van der Waals surface area contributed by atoms with Gasteiger partial charge in [-0.1, -0.05) is 23.7 Å². The van der Waals surface area contributed by atoms with Crippen molar-refractivity contribution in [3.63, 3.8) is 0 Å². The van der Waals surface area contributed by atoms with E-state index in [0.717, 1.165) is 5.56 Å². The second-order valence-electron chi connectivity index (χ2n) is 4.95. The molecule has 0 aliphatic carbocycles. The first kappa shape index (κ1) is 18.6. The normalized spacial score (nSPS) is 10.0. The maximum atomic E-state index is 12.0. The third-order valence-electron chi connectivity index (χ3n) is 3.18. The topological polar surface area (TPSA) is 93.5 Å². The molecule has 0 aromatic heterocycles. The van der Waals surface area contributed by atoms with Crippen LogP contribution in [-0.2, 0) is 11.2 Å². The Labute approximate surface area is 154 Å². The molecule has 0 aliphatic rings. The zero-order chi connectivity index (χ0) is 18.4. The Morgan fingerprint density at radius 2 is 1.96 bits per heavy atom. The summed E-state index contributed by atoms with van der Waals surface area (Å²) in [6.45, 7) is 0. The van der Waals surface area contributed by atoms with Gasteiger partial charge in [0.1, 0.15) is 5.75 Å². The van der Waals surface area contributed by atoms with E-state index >= 15 is 0 Å². The number of methoxy groups -OCH3 is 1. The van der Waals surface area contributed by atoms with E-state index in [1.807, 2.05) is 0 Å². The minimum Gasteiger partial charge on any atom is -0.494 e. The molecule has 0 fully saturated rings. The van der Waals surface area contributed by atoms with Gasteiger partial charge in [-0.25, -0.2) is 0 Å². The summed E-state index contributed by atoms with van der Waals surface area (Å²) >= 11 is 10.9. The van der Waals surface area contributed by atoms with Crippen LogP contribution < -0.4 is 15.4 Å². The van der Waals surface area contributed by atoms with Gasteiger partial charge >= 0.3 is 0 Å². The lowest BCUT2D eigenvalue weighted by atomic mass is 10.1. The molecule has 0 unspecified atom stereocenters. The van der Waals surface area contributed by atoms with Crippen LogP contribution in [0.5, 0.6) is 5.75 Å². The van der Waals surface area contributed by atoms with Gasteiger partial charge in [-0.05, 0) is 36.0 Å². The molecule has 0 heterocycles. The molecular weight excluding hydrogens is 366 g/mol. The quantitative estimate of drug-likeness (QED) is 0.470. The molecule has 2 aromatic carbocycles. The van der Waals surface area contributed by atoms with Gasteiger partial charge < -0.3 is 15.4 Å². The first-order chi connectivity index (χ1) is 11.9. The van der Waals surface area contributed by atoms with E-state index in [1.54, 1.807) is 24.3 Å². The molecule has 9 heteroatoms. The molecule has 7 nitrogen and oxygen atoms in total. The highest BCUT2D eigenvalue weighted by atomic mass is 35.5. The molecule has 0 saturated heterocycles. The van der Waals surface area contributed by atoms with E-state index in [9.17, 15) is 14.9 Å². The molecular formula is C16H14ClN3O4S. The molecule has 130 valence electrons. The highest BCUT2D eigenvalue weighted by molar-refractivity contribution is 7.80. The Kier molecular flexibility index (Phi) is 6.26. The van der Waals surface area contributed by atoms with E-state index in [1.165, 1.54) is 25.3 Å². The molecule has 0 aliphatic heterocycles. The lowest BCUT2D eigenvalue weighted by Crippen LogP contribution is -2.35. The summed E-state index contributed by atoms with van der Waals surface area (Å²) in [5, 5.41) is 16.8. The Morgan fingerprint density at radius 3 is 2.56 bits per heavy atom. The number of nitrogens with one attached hydrogen (secondary N) is 2. The van der Waals surface area contributed by atoms with Crippen molar-refractivity contribution in [2.45, 2.75) is 6.42 Å². The fraction of sp³-hybridized carbons (Fsp3) is 0.125. The number of carbonyl (C=O) groups is 1. The summed E-state index contributed by atoms with van der Waals surface area (Å²) in [4.78, 5) is 22.3. The number of nitrogens with zero attached hydrogens (tertiary/aromatic N) is 1. The van der Waals surface area contributed by atoms with Crippen molar-refractivity contribution in [3.8, 4) is 5.75 Å². The predicted octanol–water partition coefficient (Wildman–Crippen LogP) is 3.31. The third kappa shape index (κ3) is 5.40. The van der Waals surface area contributed by atoms with Crippen molar-refractivity contribution >= 4 is 46.2 Å². The molecule has 2 N–H and O–H groups in total. The Bertz CT molecular complexity index is 812. The number of non-ortho nitro benzene ring substituents is 1. The second-order valence-corrected chi connectivity index (χ2v) is 5.79. The summed E-state index contributed by atoms with van der Waals surface area (Å²) in [7, 11) is 1.38. The van der Waals surface area contributed by atoms with Crippen molar-refractivity contribution < 1.29 is 14.5 Å². The number of carbonyl (C=O) groups excluding carboxylic acids is 1. The van der Waals surface area contributed by atoms with E-state index in [-0.39, 0.29) is 28.9 Å². The van der Waals surface area contributed by atoms with Gasteiger partial charge in [0.25, 0.3) is 5.69 Å². The number of anilines is 1. The number of nitro groups is 1. The number of nitro benzene ring substituents is 1. The molecule has 0 atom stereocenters. The largest absolute Gasteiger partial charge is 0.494 e. The maximum absolute atomic E-state index is 12.0. The zero-order valence-corrected chi connectivity index (χ0v) is 14.7. The average molecular weight is 380 g/mol. The summed E-state index contributed by atoms with van der Waals surface area (Å²) in [6, 6.07) is 10.9. The van der Waals surface area contributed by atoms with Crippen LogP contribution in [0.25, 0.3) is 0 Å². The van der Waals surface area contributed by atoms with E-state index < -0.39 is 4.92 Å². The minimum atomic E-state index is -0.529. The smallest absolute Gasteiger partial charge is 0.273 e. The van der Waals surface area contributed by atoms with Crippen LogP contribution in [0.15, 0.2) is 42.5 Å². The van der Waals surface area contributed by atoms with Crippen LogP contribution in [0.1, 0.15) is 5.56 Å². The van der Waals surface area contributed by atoms with Crippen LogP contribution in [-0.4, -0.2) is 23.1 Å². The molecule has 0 radical (unpaired) electrons. The van der Waals surface area contributed by atoms with Crippen molar-refractivity contribution in [2.75, 3.05) is 12.4 Å². The summed E-state index contributed by atoms with van der Waals surface area (Å²) in [5.74, 6) is -0.0656. The lowest BCUT2D eigenvalue weighted by Gasteiger charge is -2.12. The van der Waals surface area contributed by atoms with E-state index in [2.05, 4.69) is 10.6 Å². The van der Waals surface area contributed by atoms with E-state index in [4.69, 9.17) is 28.6 Å². The molecule has 25 heavy (non-hydrogen) atoms. The molecule has 0 bridgehead atoms. The Balaban J connectivity index is 1.98. The predicted molar refractivity (Wildman–Crippen MR) is 99.2 cm³/mol. The molecule has 0 saturated carbocycles. The SMILES string of the molecule is COc1cc([N+](=O)[O-])ccc1NC(=S)NC(=O)Cc1ccc(Cl)cc1. The molecule has 1 amide bonds. The summed E-state index contributed by atoms with van der Waals surface area (Å²) in [5.41, 5.74) is 1.09. The first-order valence-corrected chi connectivity index (χ1v) is 7.85. The van der Waals surface area contributed by atoms with Crippen LogP contribution in [0.4, 0.5) is 11.4 Å². The standard InChI is InChI=1S/C16H14ClN3O4S/c1-24-14-9-12(20(22)23)6-7-13(14)18-16(25)19-15(21)8-10-2-4-11(17)5-3-10/h2-7,9H,8H2,1H3,(H2,18,19,21,25). The number of amides is 1. The zero-order valence-electron chi connectivity index (χ0n) is 13.1. The molecule has 0 spiro atoms. The number of halogens is 1. The first-order valence-electron chi connectivity index (χ1n) is 7.06. The number of ether oxygens (including phenoxy) is 1. The number of hydrogen-bond acceptors (Lipinski definition) is 5. The second kappa shape index (κ2) is 8.41. The third-order valence-corrected chi connectivity index (χ3v) is 3.63. The van der Waals surface area contributed by atoms with Crippen LogP contribution in [0.2, 0.25) is 5.02 Å². The maximum Gasteiger partial charge on any atom is 0.273 e. The van der Waals surface area contributed by atoms with Gasteiger partial charge in [-0.3, -0.25) is 14.9 Å². The van der Waals surface area contributed by atoms with E-state index in [0.29, 0.717) is 10.7 Å². The highest BCUT2D eigenvalue weighted by Crippen LogP contribution is 2.28. The van der Waals surface area contributed by atoms with Gasteiger partial charge in [0, 0.05) is 11.1 Å². The molecule has 2 aromatic rings. The van der Waals surface area contributed by atoms with Crippen LogP contribution >= 0.6 is 23.8 Å². The van der Waals surface area contributed by atoms with Crippen LogP contribution in [0, 0.1) is 10.1 Å². The summed E-state index contributed by atoms with van der Waals surface area (Å²) in [6.07, 6.45) is 0.135. The van der Waals surface area contributed by atoms with Crippen molar-refractivity contribution in [3.05, 3.63) is 63.2 Å². The van der Waals surface area contributed by atoms with Gasteiger partial charge in [0.05, 0.1) is 30.2 Å². The van der Waals surface area contributed by atoms with Gasteiger partial charge in [-0.15, -0.1) is 0 Å². The average Bonchev–Trinajstić information content (AvgIpc) is 2.56. The Hall–Kier alpha value is -2.71. The van der Waals surface area contributed by atoms with Gasteiger partial charge in [0.15, 0.2) is 5.11 Å². The fourth-order valence-corrected chi connectivity index (χ4v) is 2.36. The summed E-state index contributed by atoms with van der Waals surface area (Å²) < 4.78 is 5.10. The fourth-order valence-electron chi connectivity index (χ4n) is 2.01. The Morgan fingerprint density at radius 1 is 1.28 bits per heavy atom. The van der Waals surface area contributed by atoms with Gasteiger partial charge in [-0.2, -0.15) is 0 Å². The van der Waals surface area contributed by atoms with Crippen molar-refractivity contribution in [2.24, 2.45) is 0 Å². The highest BCUT2D eigenvalue weighted by Gasteiger charge is 2.13. The monoisotopic (exact) mass is 379 g/mol. The van der Waals surface area contributed by atoms with Crippen molar-refractivity contribution in [1.29, 1.82) is 0 Å². The number of rotatable bonds is 5. The van der Waals surface area contributed by atoms with Gasteiger partial charge in [0.2, 0.25) is 5.91 Å². The number of hydrogen-bond donors (Lipinski definition) is 2. The number of benzene rings is 2. The number of thiocarbonyl (C=S) groups is 1.